The number of ether oxygens (including phenoxy) is 1. The lowest BCUT2D eigenvalue weighted by molar-refractivity contribution is -0.148. The van der Waals surface area contributed by atoms with Crippen LogP contribution in [0.4, 0.5) is 0 Å². The molecule has 1 fully saturated rings. The van der Waals surface area contributed by atoms with Crippen molar-refractivity contribution in [3.8, 4) is 11.6 Å². The zero-order valence-electron chi connectivity index (χ0n) is 16.7. The Labute approximate surface area is 165 Å². The Morgan fingerprint density at radius 2 is 1.93 bits per heavy atom. The van der Waals surface area contributed by atoms with Gasteiger partial charge >= 0.3 is 11.8 Å². The molecule has 6 heteroatoms. The molecular formula is C22H27N3O3. The number of piperidine rings is 1. The summed E-state index contributed by atoms with van der Waals surface area (Å²) in [7, 11) is 0. The molecule has 1 aromatic carbocycles. The molecule has 1 saturated heterocycles. The van der Waals surface area contributed by atoms with Crippen LogP contribution in [0.15, 0.2) is 36.5 Å². The summed E-state index contributed by atoms with van der Waals surface area (Å²) in [6.45, 7) is 6.76. The van der Waals surface area contributed by atoms with Gasteiger partial charge in [0.05, 0.1) is 0 Å². The molecular weight excluding hydrogens is 354 g/mol. The molecule has 6 nitrogen and oxygen atoms in total. The number of benzene rings is 1. The van der Waals surface area contributed by atoms with Gasteiger partial charge in [0.25, 0.3) is 0 Å². The first kappa shape index (κ1) is 19.9. The number of amides is 2. The molecule has 1 aliphatic heterocycles. The summed E-state index contributed by atoms with van der Waals surface area (Å²) in [5, 5.41) is 2.72. The SMILES string of the molecule is Cc1cccc(C)c1Oc1ncccc1CNC(=O)C(=O)N1CCCCC1C. The van der Waals surface area contributed by atoms with Crippen LogP contribution in [0.1, 0.15) is 42.9 Å². The van der Waals surface area contributed by atoms with Gasteiger partial charge in [0.15, 0.2) is 0 Å². The van der Waals surface area contributed by atoms with Crippen LogP contribution in [0.25, 0.3) is 0 Å². The molecule has 1 aliphatic rings. The minimum absolute atomic E-state index is 0.105. The van der Waals surface area contributed by atoms with E-state index in [1.165, 1.54) is 0 Å². The Morgan fingerprint density at radius 1 is 1.18 bits per heavy atom. The lowest BCUT2D eigenvalue weighted by Crippen LogP contribution is -2.48. The fraction of sp³-hybridized carbons (Fsp3) is 0.409. The fourth-order valence-corrected chi connectivity index (χ4v) is 3.49. The first-order valence-corrected chi connectivity index (χ1v) is 9.74. The molecule has 0 aliphatic carbocycles. The van der Waals surface area contributed by atoms with E-state index in [1.807, 2.05) is 45.0 Å². The van der Waals surface area contributed by atoms with Crippen molar-refractivity contribution in [1.29, 1.82) is 0 Å². The third-order valence-corrected chi connectivity index (χ3v) is 5.15. The molecule has 0 bridgehead atoms. The minimum atomic E-state index is -0.587. The summed E-state index contributed by atoms with van der Waals surface area (Å²) in [5.41, 5.74) is 2.74. The van der Waals surface area contributed by atoms with E-state index in [-0.39, 0.29) is 12.6 Å². The van der Waals surface area contributed by atoms with Gasteiger partial charge in [-0.15, -0.1) is 0 Å². The summed E-state index contributed by atoms with van der Waals surface area (Å²) in [6.07, 6.45) is 4.63. The van der Waals surface area contributed by atoms with Crippen molar-refractivity contribution in [3.63, 3.8) is 0 Å². The monoisotopic (exact) mass is 381 g/mol. The number of rotatable bonds is 4. The molecule has 0 saturated carbocycles. The Hall–Kier alpha value is -2.89. The number of aryl methyl sites for hydroxylation is 2. The molecule has 0 spiro atoms. The number of hydrogen-bond donors (Lipinski definition) is 1. The maximum absolute atomic E-state index is 12.5. The van der Waals surface area contributed by atoms with Crippen LogP contribution in [-0.2, 0) is 16.1 Å². The van der Waals surface area contributed by atoms with E-state index in [9.17, 15) is 9.59 Å². The largest absolute Gasteiger partial charge is 0.438 e. The van der Waals surface area contributed by atoms with Crippen LogP contribution >= 0.6 is 0 Å². The van der Waals surface area contributed by atoms with Crippen LogP contribution in [0.3, 0.4) is 0 Å². The predicted molar refractivity (Wildman–Crippen MR) is 107 cm³/mol. The quantitative estimate of drug-likeness (QED) is 0.823. The highest BCUT2D eigenvalue weighted by Gasteiger charge is 2.28. The fourth-order valence-electron chi connectivity index (χ4n) is 3.49. The van der Waals surface area contributed by atoms with E-state index in [0.717, 1.165) is 41.7 Å². The highest BCUT2D eigenvalue weighted by Crippen LogP contribution is 2.29. The van der Waals surface area contributed by atoms with Gasteiger partial charge in [0.1, 0.15) is 5.75 Å². The van der Waals surface area contributed by atoms with Gasteiger partial charge in [0.2, 0.25) is 5.88 Å². The molecule has 2 aromatic rings. The molecule has 148 valence electrons. The van der Waals surface area contributed by atoms with E-state index in [1.54, 1.807) is 17.2 Å². The van der Waals surface area contributed by atoms with Gasteiger partial charge in [-0.1, -0.05) is 24.3 Å². The number of para-hydroxylation sites is 1. The molecule has 1 unspecified atom stereocenters. The Kier molecular flexibility index (Phi) is 6.29. The summed E-state index contributed by atoms with van der Waals surface area (Å²) >= 11 is 0. The van der Waals surface area contributed by atoms with Crippen molar-refractivity contribution >= 4 is 11.8 Å². The van der Waals surface area contributed by atoms with Crippen LogP contribution in [-0.4, -0.2) is 34.3 Å². The molecule has 2 heterocycles. The number of carbonyl (C=O) groups is 2. The van der Waals surface area contributed by atoms with Crippen LogP contribution < -0.4 is 10.1 Å². The average Bonchev–Trinajstić information content (AvgIpc) is 2.69. The standard InChI is InChI=1S/C22H27N3O3/c1-15-8-6-9-16(2)19(15)28-21-18(11-7-12-23-21)14-24-20(26)22(27)25-13-5-4-10-17(25)3/h6-9,11-12,17H,4-5,10,13-14H2,1-3H3,(H,24,26). The van der Waals surface area contributed by atoms with E-state index in [0.29, 0.717) is 12.4 Å². The number of nitrogens with one attached hydrogen (secondary N) is 1. The van der Waals surface area contributed by atoms with Gasteiger partial charge in [-0.2, -0.15) is 0 Å². The number of nitrogens with zero attached hydrogens (tertiary/aromatic N) is 2. The van der Waals surface area contributed by atoms with Crippen molar-refractivity contribution in [1.82, 2.24) is 15.2 Å². The smallest absolute Gasteiger partial charge is 0.312 e. The lowest BCUT2D eigenvalue weighted by atomic mass is 10.0. The predicted octanol–water partition coefficient (Wildman–Crippen LogP) is 3.51. The van der Waals surface area contributed by atoms with Gasteiger partial charge < -0.3 is 15.0 Å². The summed E-state index contributed by atoms with van der Waals surface area (Å²) < 4.78 is 6.04. The zero-order chi connectivity index (χ0) is 20.1. The third kappa shape index (κ3) is 4.50. The van der Waals surface area contributed by atoms with Gasteiger partial charge in [0, 0.05) is 30.9 Å². The van der Waals surface area contributed by atoms with Crippen molar-refractivity contribution in [2.24, 2.45) is 0 Å². The minimum Gasteiger partial charge on any atom is -0.438 e. The number of likely N-dealkylation sites (tertiary alicyclic amines) is 1. The van der Waals surface area contributed by atoms with E-state index in [4.69, 9.17) is 4.74 Å². The third-order valence-electron chi connectivity index (χ3n) is 5.15. The molecule has 0 radical (unpaired) electrons. The Balaban J connectivity index is 1.68. The second kappa shape index (κ2) is 8.87. The first-order valence-electron chi connectivity index (χ1n) is 9.74. The summed E-state index contributed by atoms with van der Waals surface area (Å²) in [4.78, 5) is 30.8. The average molecular weight is 381 g/mol. The normalized spacial score (nSPS) is 16.5. The number of carbonyl (C=O) groups excluding carboxylic acids is 2. The maximum Gasteiger partial charge on any atom is 0.312 e. The van der Waals surface area contributed by atoms with E-state index < -0.39 is 11.8 Å². The van der Waals surface area contributed by atoms with Crippen LogP contribution in [0, 0.1) is 13.8 Å². The molecule has 3 rings (SSSR count). The molecule has 28 heavy (non-hydrogen) atoms. The second-order valence-electron chi connectivity index (χ2n) is 7.32. The Bertz CT molecular complexity index is 846. The highest BCUT2D eigenvalue weighted by molar-refractivity contribution is 6.35. The van der Waals surface area contributed by atoms with Crippen molar-refractivity contribution in [3.05, 3.63) is 53.2 Å². The molecule has 2 amide bonds. The number of hydrogen-bond acceptors (Lipinski definition) is 4. The summed E-state index contributed by atoms with van der Waals surface area (Å²) in [5.74, 6) is 0.134. The van der Waals surface area contributed by atoms with Crippen molar-refractivity contribution < 1.29 is 14.3 Å². The lowest BCUT2D eigenvalue weighted by Gasteiger charge is -2.32. The molecule has 1 atom stereocenters. The Morgan fingerprint density at radius 3 is 2.64 bits per heavy atom. The maximum atomic E-state index is 12.5. The van der Waals surface area contributed by atoms with Crippen LogP contribution in [0.5, 0.6) is 11.6 Å². The van der Waals surface area contributed by atoms with Gasteiger partial charge in [-0.3, -0.25) is 9.59 Å². The first-order chi connectivity index (χ1) is 13.5. The van der Waals surface area contributed by atoms with Crippen molar-refractivity contribution in [2.45, 2.75) is 52.6 Å². The van der Waals surface area contributed by atoms with Crippen LogP contribution in [0.2, 0.25) is 0 Å². The second-order valence-corrected chi connectivity index (χ2v) is 7.32. The van der Waals surface area contributed by atoms with Gasteiger partial charge in [-0.25, -0.2) is 4.98 Å². The molecule has 1 aromatic heterocycles. The van der Waals surface area contributed by atoms with Crippen molar-refractivity contribution in [2.75, 3.05) is 6.54 Å². The topological polar surface area (TPSA) is 71.5 Å². The van der Waals surface area contributed by atoms with E-state index in [2.05, 4.69) is 10.3 Å². The number of aromatic nitrogens is 1. The van der Waals surface area contributed by atoms with E-state index >= 15 is 0 Å². The summed E-state index contributed by atoms with van der Waals surface area (Å²) in [6, 6.07) is 9.66. The highest BCUT2D eigenvalue weighted by atomic mass is 16.5. The molecule has 1 N–H and O–H groups in total. The van der Waals surface area contributed by atoms with Gasteiger partial charge in [-0.05, 0) is 57.2 Å². The number of pyridine rings is 1. The zero-order valence-corrected chi connectivity index (χ0v) is 16.7.